The maximum atomic E-state index is 13.5. The third-order valence-corrected chi connectivity index (χ3v) is 3.59. The topological polar surface area (TPSA) is 53.1 Å². The van der Waals surface area contributed by atoms with E-state index in [1.165, 1.54) is 13.2 Å². The summed E-state index contributed by atoms with van der Waals surface area (Å²) in [5.74, 6) is 0.588. The molecule has 0 saturated heterocycles. The molecule has 21 heavy (non-hydrogen) atoms. The zero-order chi connectivity index (χ0) is 15.0. The molecule has 0 amide bonds. The van der Waals surface area contributed by atoms with Gasteiger partial charge in [0.2, 0.25) is 0 Å². The van der Waals surface area contributed by atoms with Gasteiger partial charge in [-0.1, -0.05) is 6.07 Å². The Labute approximate surface area is 122 Å². The van der Waals surface area contributed by atoms with E-state index in [1.54, 1.807) is 12.1 Å². The smallest absolute Gasteiger partial charge is 0.165 e. The first-order valence-electron chi connectivity index (χ1n) is 6.63. The molecule has 1 heterocycles. The highest BCUT2D eigenvalue weighted by atomic mass is 19.1. The molecule has 0 spiro atoms. The third-order valence-electron chi connectivity index (χ3n) is 3.59. The first-order valence-corrected chi connectivity index (χ1v) is 6.63. The van der Waals surface area contributed by atoms with Crippen LogP contribution in [0.1, 0.15) is 5.56 Å². The molecule has 0 aliphatic heterocycles. The Bertz CT molecular complexity index is 811. The minimum atomic E-state index is -0.384. The number of rotatable bonds is 3. The van der Waals surface area contributed by atoms with Crippen LogP contribution >= 0.6 is 0 Å². The average molecular weight is 285 g/mol. The average Bonchev–Trinajstić information content (AvgIpc) is 2.84. The Kier molecular flexibility index (Phi) is 3.35. The van der Waals surface area contributed by atoms with Crippen LogP contribution in [0.5, 0.6) is 5.75 Å². The van der Waals surface area contributed by atoms with Crippen molar-refractivity contribution in [3.63, 3.8) is 0 Å². The van der Waals surface area contributed by atoms with Gasteiger partial charge in [-0.2, -0.15) is 0 Å². The molecule has 108 valence electrons. The molecule has 5 heteroatoms. The minimum Gasteiger partial charge on any atom is -0.494 e. The van der Waals surface area contributed by atoms with Crippen LogP contribution in [-0.4, -0.2) is 16.7 Å². The lowest BCUT2D eigenvalue weighted by Crippen LogP contribution is -1.97. The van der Waals surface area contributed by atoms with Crippen LogP contribution in [0.4, 0.5) is 4.39 Å². The number of aromatic nitrogens is 2. The van der Waals surface area contributed by atoms with Gasteiger partial charge in [-0.05, 0) is 35.9 Å². The normalized spacial score (nSPS) is 11.0. The van der Waals surface area contributed by atoms with Crippen LogP contribution in [-0.2, 0) is 13.6 Å². The summed E-state index contributed by atoms with van der Waals surface area (Å²) in [5, 5.41) is 0. The largest absolute Gasteiger partial charge is 0.494 e. The van der Waals surface area contributed by atoms with Crippen LogP contribution in [0.15, 0.2) is 36.4 Å². The van der Waals surface area contributed by atoms with Crippen molar-refractivity contribution in [2.75, 3.05) is 7.11 Å². The number of ether oxygens (including phenoxy) is 1. The molecule has 4 nitrogen and oxygen atoms in total. The predicted molar refractivity (Wildman–Crippen MR) is 80.6 cm³/mol. The van der Waals surface area contributed by atoms with E-state index in [0.29, 0.717) is 6.54 Å². The van der Waals surface area contributed by atoms with Gasteiger partial charge in [0.1, 0.15) is 5.82 Å². The molecule has 0 aliphatic carbocycles. The SMILES string of the molecule is COc1cc(-c2nc3ccc(CN)cc3n2C)ccc1F. The highest BCUT2D eigenvalue weighted by Crippen LogP contribution is 2.28. The number of benzene rings is 2. The van der Waals surface area contributed by atoms with Gasteiger partial charge in [-0.15, -0.1) is 0 Å². The van der Waals surface area contributed by atoms with Crippen LogP contribution < -0.4 is 10.5 Å². The highest BCUT2D eigenvalue weighted by Gasteiger charge is 2.12. The van der Waals surface area contributed by atoms with E-state index in [9.17, 15) is 4.39 Å². The lowest BCUT2D eigenvalue weighted by molar-refractivity contribution is 0.386. The number of nitrogens with zero attached hydrogens (tertiary/aromatic N) is 2. The molecule has 1 aromatic heterocycles. The maximum Gasteiger partial charge on any atom is 0.165 e. The fraction of sp³-hybridized carbons (Fsp3) is 0.188. The number of nitrogens with two attached hydrogens (primary N) is 1. The molecular weight excluding hydrogens is 269 g/mol. The minimum absolute atomic E-state index is 0.210. The fourth-order valence-electron chi connectivity index (χ4n) is 2.42. The summed E-state index contributed by atoms with van der Waals surface area (Å²) in [7, 11) is 3.38. The Hall–Kier alpha value is -2.40. The summed E-state index contributed by atoms with van der Waals surface area (Å²) in [6.45, 7) is 0.487. The van der Waals surface area contributed by atoms with Gasteiger partial charge < -0.3 is 15.0 Å². The van der Waals surface area contributed by atoms with E-state index < -0.39 is 0 Å². The molecule has 0 fully saturated rings. The van der Waals surface area contributed by atoms with Crippen molar-refractivity contribution in [1.82, 2.24) is 9.55 Å². The lowest BCUT2D eigenvalue weighted by atomic mass is 10.2. The second-order valence-electron chi connectivity index (χ2n) is 4.87. The number of aryl methyl sites for hydroxylation is 1. The molecule has 3 aromatic rings. The number of fused-ring (bicyclic) bond motifs is 1. The van der Waals surface area contributed by atoms with Gasteiger partial charge in [0, 0.05) is 19.2 Å². The van der Waals surface area contributed by atoms with Crippen molar-refractivity contribution in [3.05, 3.63) is 47.8 Å². The van der Waals surface area contributed by atoms with Gasteiger partial charge in [-0.3, -0.25) is 0 Å². The van der Waals surface area contributed by atoms with Crippen molar-refractivity contribution in [1.29, 1.82) is 0 Å². The van der Waals surface area contributed by atoms with Crippen molar-refractivity contribution in [2.24, 2.45) is 12.8 Å². The molecule has 3 rings (SSSR count). The second-order valence-corrected chi connectivity index (χ2v) is 4.87. The summed E-state index contributed by atoms with van der Waals surface area (Å²) in [4.78, 5) is 4.61. The Balaban J connectivity index is 2.18. The van der Waals surface area contributed by atoms with E-state index >= 15 is 0 Å². The zero-order valence-electron chi connectivity index (χ0n) is 11.9. The second kappa shape index (κ2) is 5.18. The molecule has 0 unspecified atom stereocenters. The molecule has 0 bridgehead atoms. The highest BCUT2D eigenvalue weighted by molar-refractivity contribution is 5.81. The summed E-state index contributed by atoms with van der Waals surface area (Å²) in [6, 6.07) is 10.7. The monoisotopic (exact) mass is 285 g/mol. The van der Waals surface area contributed by atoms with Crippen LogP contribution in [0.2, 0.25) is 0 Å². The Morgan fingerprint density at radius 3 is 2.76 bits per heavy atom. The number of hydrogen-bond donors (Lipinski definition) is 1. The number of imidazole rings is 1. The molecule has 0 saturated carbocycles. The first kappa shape index (κ1) is 13.6. The van der Waals surface area contributed by atoms with Gasteiger partial charge in [0.15, 0.2) is 11.6 Å². The number of hydrogen-bond acceptors (Lipinski definition) is 3. The summed E-state index contributed by atoms with van der Waals surface area (Å²) >= 11 is 0. The number of methoxy groups -OCH3 is 1. The van der Waals surface area contributed by atoms with Crippen LogP contribution in [0.25, 0.3) is 22.4 Å². The van der Waals surface area contributed by atoms with E-state index in [1.807, 2.05) is 29.8 Å². The van der Waals surface area contributed by atoms with Gasteiger partial charge >= 0.3 is 0 Å². The van der Waals surface area contributed by atoms with E-state index in [2.05, 4.69) is 4.98 Å². The summed E-state index contributed by atoms with van der Waals surface area (Å²) in [5.41, 5.74) is 9.41. The summed E-state index contributed by atoms with van der Waals surface area (Å²) < 4.78 is 20.5. The number of halogens is 1. The molecule has 2 N–H and O–H groups in total. The standard InChI is InChI=1S/C16H16FN3O/c1-20-14-7-10(9-18)3-6-13(14)19-16(20)11-4-5-12(17)15(8-11)21-2/h3-8H,9,18H2,1-2H3. The van der Waals surface area contributed by atoms with Gasteiger partial charge in [0.25, 0.3) is 0 Å². The summed E-state index contributed by atoms with van der Waals surface area (Å²) in [6.07, 6.45) is 0. The lowest BCUT2D eigenvalue weighted by Gasteiger charge is -2.06. The van der Waals surface area contributed by atoms with Gasteiger partial charge in [0.05, 0.1) is 18.1 Å². The quantitative estimate of drug-likeness (QED) is 0.805. The van der Waals surface area contributed by atoms with E-state index in [-0.39, 0.29) is 11.6 Å². The van der Waals surface area contributed by atoms with E-state index in [0.717, 1.165) is 28.0 Å². The fourth-order valence-corrected chi connectivity index (χ4v) is 2.42. The maximum absolute atomic E-state index is 13.5. The molecule has 0 atom stereocenters. The zero-order valence-corrected chi connectivity index (χ0v) is 11.9. The van der Waals surface area contributed by atoms with Crippen LogP contribution in [0.3, 0.4) is 0 Å². The predicted octanol–water partition coefficient (Wildman–Crippen LogP) is 2.85. The van der Waals surface area contributed by atoms with Crippen molar-refractivity contribution < 1.29 is 9.13 Å². The van der Waals surface area contributed by atoms with E-state index in [4.69, 9.17) is 10.5 Å². The molecular formula is C16H16FN3O. The van der Waals surface area contributed by atoms with Crippen molar-refractivity contribution in [3.8, 4) is 17.1 Å². The molecule has 0 radical (unpaired) electrons. The van der Waals surface area contributed by atoms with Crippen LogP contribution in [0, 0.1) is 5.82 Å². The first-order chi connectivity index (χ1) is 10.1. The Morgan fingerprint density at radius 2 is 2.05 bits per heavy atom. The molecule has 0 aliphatic rings. The van der Waals surface area contributed by atoms with Gasteiger partial charge in [-0.25, -0.2) is 9.37 Å². The third kappa shape index (κ3) is 2.25. The van der Waals surface area contributed by atoms with Crippen molar-refractivity contribution in [2.45, 2.75) is 6.54 Å². The van der Waals surface area contributed by atoms with Crippen molar-refractivity contribution >= 4 is 11.0 Å². The molecule has 2 aromatic carbocycles. The Morgan fingerprint density at radius 1 is 1.24 bits per heavy atom.